The molecule has 2 aromatic carbocycles. The average Bonchev–Trinajstić information content (AvgIpc) is 2.38. The van der Waals surface area contributed by atoms with Crippen molar-refractivity contribution >= 4 is 0 Å². The van der Waals surface area contributed by atoms with Gasteiger partial charge in [0.15, 0.2) is 0 Å². The monoisotopic (exact) mass is 242 g/mol. The molecule has 0 unspecified atom stereocenters. The van der Waals surface area contributed by atoms with E-state index in [-0.39, 0.29) is 17.6 Å². The zero-order valence-electron chi connectivity index (χ0n) is 9.84. The van der Waals surface area contributed by atoms with Crippen LogP contribution < -0.4 is 4.74 Å². The van der Waals surface area contributed by atoms with Crippen molar-refractivity contribution in [2.24, 2.45) is 0 Å². The van der Waals surface area contributed by atoms with Gasteiger partial charge in [-0.2, -0.15) is 0 Å². The first-order chi connectivity index (χ1) is 8.72. The Morgan fingerprint density at radius 3 is 2.67 bits per heavy atom. The number of aryl methyl sites for hydroxylation is 1. The molecule has 1 atom stereocenters. The Hall–Kier alpha value is -2.16. The molecule has 0 fully saturated rings. The first kappa shape index (κ1) is 11.0. The van der Waals surface area contributed by atoms with Crippen molar-refractivity contribution in [3.63, 3.8) is 0 Å². The Morgan fingerprint density at radius 2 is 1.83 bits per heavy atom. The number of hydrogen-bond donors (Lipinski definition) is 2. The number of benzene rings is 2. The van der Waals surface area contributed by atoms with E-state index >= 15 is 0 Å². The number of phenols is 2. The van der Waals surface area contributed by atoms with Gasteiger partial charge in [0, 0.05) is 6.07 Å². The highest BCUT2D eigenvalue weighted by Crippen LogP contribution is 2.37. The van der Waals surface area contributed by atoms with E-state index in [1.807, 2.05) is 18.2 Å². The fourth-order valence-electron chi connectivity index (χ4n) is 2.32. The van der Waals surface area contributed by atoms with Gasteiger partial charge in [-0.3, -0.25) is 0 Å². The van der Waals surface area contributed by atoms with E-state index in [4.69, 9.17) is 4.74 Å². The van der Waals surface area contributed by atoms with Gasteiger partial charge >= 0.3 is 0 Å². The van der Waals surface area contributed by atoms with E-state index in [0.29, 0.717) is 0 Å². The molecule has 0 aromatic heterocycles. The van der Waals surface area contributed by atoms with Gasteiger partial charge in [-0.25, -0.2) is 0 Å². The maximum atomic E-state index is 9.49. The van der Waals surface area contributed by atoms with Crippen LogP contribution in [0, 0.1) is 0 Å². The molecule has 0 saturated heterocycles. The lowest BCUT2D eigenvalue weighted by Gasteiger charge is -2.26. The summed E-state index contributed by atoms with van der Waals surface area (Å²) in [5.41, 5.74) is 2.08. The summed E-state index contributed by atoms with van der Waals surface area (Å²) >= 11 is 0. The number of hydrogen-bond acceptors (Lipinski definition) is 3. The molecule has 3 rings (SSSR count). The van der Waals surface area contributed by atoms with Gasteiger partial charge in [0.2, 0.25) is 0 Å². The van der Waals surface area contributed by atoms with Gasteiger partial charge in [0.05, 0.1) is 0 Å². The number of phenolic OH excluding ortho intramolecular Hbond substituents is 2. The van der Waals surface area contributed by atoms with Gasteiger partial charge in [0.25, 0.3) is 0 Å². The maximum absolute atomic E-state index is 9.49. The predicted molar refractivity (Wildman–Crippen MR) is 67.9 cm³/mol. The van der Waals surface area contributed by atoms with Crippen LogP contribution in [0.1, 0.15) is 23.7 Å². The summed E-state index contributed by atoms with van der Waals surface area (Å²) in [6.45, 7) is 0. The highest BCUT2D eigenvalue weighted by molar-refractivity contribution is 5.42. The minimum Gasteiger partial charge on any atom is -0.508 e. The predicted octanol–water partition coefficient (Wildman–Crippen LogP) is 3.16. The van der Waals surface area contributed by atoms with E-state index in [1.165, 1.54) is 0 Å². The molecule has 1 aliphatic heterocycles. The lowest BCUT2D eigenvalue weighted by Crippen LogP contribution is -2.14. The van der Waals surface area contributed by atoms with Gasteiger partial charge < -0.3 is 14.9 Å². The third-order valence-corrected chi connectivity index (χ3v) is 3.24. The highest BCUT2D eigenvalue weighted by atomic mass is 16.5. The zero-order valence-corrected chi connectivity index (χ0v) is 9.84. The van der Waals surface area contributed by atoms with E-state index in [0.717, 1.165) is 29.7 Å². The number of rotatable bonds is 1. The molecule has 2 aromatic rings. The molecular weight excluding hydrogens is 228 g/mol. The van der Waals surface area contributed by atoms with Crippen molar-refractivity contribution in [1.82, 2.24) is 0 Å². The van der Waals surface area contributed by atoms with Crippen molar-refractivity contribution in [3.05, 3.63) is 53.6 Å². The normalized spacial score (nSPS) is 17.9. The van der Waals surface area contributed by atoms with E-state index in [1.54, 1.807) is 24.3 Å². The quantitative estimate of drug-likeness (QED) is 0.807. The first-order valence-electron chi connectivity index (χ1n) is 6.00. The Labute approximate surface area is 105 Å². The van der Waals surface area contributed by atoms with Crippen LogP contribution in [0.3, 0.4) is 0 Å². The van der Waals surface area contributed by atoms with Crippen LogP contribution in [-0.4, -0.2) is 10.2 Å². The van der Waals surface area contributed by atoms with Crippen molar-refractivity contribution in [2.45, 2.75) is 18.9 Å². The first-order valence-corrected chi connectivity index (χ1v) is 6.00. The average molecular weight is 242 g/mol. The van der Waals surface area contributed by atoms with Crippen LogP contribution in [0.15, 0.2) is 42.5 Å². The molecule has 1 heterocycles. The summed E-state index contributed by atoms with van der Waals surface area (Å²) in [5, 5.41) is 19.0. The smallest absolute Gasteiger partial charge is 0.127 e. The van der Waals surface area contributed by atoms with Crippen molar-refractivity contribution in [1.29, 1.82) is 0 Å². The minimum atomic E-state index is -0.0635. The van der Waals surface area contributed by atoms with Crippen LogP contribution in [0.4, 0.5) is 0 Å². The van der Waals surface area contributed by atoms with Gasteiger partial charge in [-0.15, -0.1) is 0 Å². The van der Waals surface area contributed by atoms with Crippen LogP contribution in [-0.2, 0) is 6.42 Å². The van der Waals surface area contributed by atoms with Crippen molar-refractivity contribution in [3.8, 4) is 17.2 Å². The summed E-state index contributed by atoms with van der Waals surface area (Å²) < 4.78 is 5.88. The van der Waals surface area contributed by atoms with Crippen LogP contribution in [0.5, 0.6) is 17.2 Å². The second-order valence-electron chi connectivity index (χ2n) is 4.53. The second kappa shape index (κ2) is 4.26. The number of ether oxygens (including phenoxy) is 1. The molecule has 0 radical (unpaired) electrons. The second-order valence-corrected chi connectivity index (χ2v) is 4.53. The van der Waals surface area contributed by atoms with Crippen LogP contribution in [0.2, 0.25) is 0 Å². The summed E-state index contributed by atoms with van der Waals surface area (Å²) in [6, 6.07) is 12.3. The summed E-state index contributed by atoms with van der Waals surface area (Å²) in [5.74, 6) is 1.19. The molecule has 92 valence electrons. The molecule has 0 aliphatic carbocycles. The maximum Gasteiger partial charge on any atom is 0.127 e. The minimum absolute atomic E-state index is 0.0635. The zero-order chi connectivity index (χ0) is 12.5. The lowest BCUT2D eigenvalue weighted by molar-refractivity contribution is 0.175. The fraction of sp³-hybridized carbons (Fsp3) is 0.200. The molecule has 1 aliphatic rings. The van der Waals surface area contributed by atoms with Crippen molar-refractivity contribution in [2.75, 3.05) is 0 Å². The topological polar surface area (TPSA) is 49.7 Å². The Balaban J connectivity index is 1.90. The van der Waals surface area contributed by atoms with E-state index in [9.17, 15) is 10.2 Å². The molecular formula is C15H14O3. The molecule has 0 spiro atoms. The van der Waals surface area contributed by atoms with E-state index < -0.39 is 0 Å². The fourth-order valence-corrected chi connectivity index (χ4v) is 2.32. The number of aromatic hydroxyl groups is 2. The lowest BCUT2D eigenvalue weighted by atomic mass is 9.97. The summed E-state index contributed by atoms with van der Waals surface area (Å²) in [4.78, 5) is 0. The molecule has 2 N–H and O–H groups in total. The van der Waals surface area contributed by atoms with Gasteiger partial charge in [0.1, 0.15) is 23.4 Å². The highest BCUT2D eigenvalue weighted by Gasteiger charge is 2.21. The molecule has 3 nitrogen and oxygen atoms in total. The summed E-state index contributed by atoms with van der Waals surface area (Å²) in [6.07, 6.45) is 1.73. The molecule has 0 saturated carbocycles. The Morgan fingerprint density at radius 1 is 1.00 bits per heavy atom. The van der Waals surface area contributed by atoms with E-state index in [2.05, 4.69) is 0 Å². The van der Waals surface area contributed by atoms with Gasteiger partial charge in [-0.1, -0.05) is 18.2 Å². The molecule has 3 heteroatoms. The standard InChI is InChI=1S/C15H14O3/c16-12-3-1-2-11(8-12)14-7-5-10-4-6-13(17)9-15(10)18-14/h1-4,6,8-9,14,16-17H,5,7H2/t14-/m0/s1. The van der Waals surface area contributed by atoms with Crippen LogP contribution in [0.25, 0.3) is 0 Å². The molecule has 0 bridgehead atoms. The molecule has 18 heavy (non-hydrogen) atoms. The van der Waals surface area contributed by atoms with Crippen molar-refractivity contribution < 1.29 is 14.9 Å². The molecule has 0 amide bonds. The van der Waals surface area contributed by atoms with Crippen LogP contribution >= 0.6 is 0 Å². The Kier molecular flexibility index (Phi) is 2.59. The summed E-state index contributed by atoms with van der Waals surface area (Å²) in [7, 11) is 0. The Bertz CT molecular complexity index is 578. The van der Waals surface area contributed by atoms with Gasteiger partial charge in [-0.05, 0) is 42.2 Å². The SMILES string of the molecule is Oc1cccc([C@@H]2CCc3ccc(O)cc3O2)c1. The third-order valence-electron chi connectivity index (χ3n) is 3.24. The number of fused-ring (bicyclic) bond motifs is 1. The largest absolute Gasteiger partial charge is 0.508 e. The third kappa shape index (κ3) is 1.99.